The molecule has 0 aliphatic carbocycles. The van der Waals surface area contributed by atoms with Crippen LogP contribution in [-0.4, -0.2) is 5.91 Å². The van der Waals surface area contributed by atoms with Crippen LogP contribution in [0, 0.1) is 5.82 Å². The van der Waals surface area contributed by atoms with Crippen LogP contribution in [0.3, 0.4) is 0 Å². The number of hydrogen-bond acceptors (Lipinski definition) is 1. The van der Waals surface area contributed by atoms with Gasteiger partial charge in [0.1, 0.15) is 5.82 Å². The predicted molar refractivity (Wildman–Crippen MR) is 79.4 cm³/mol. The molecule has 0 heterocycles. The molecule has 20 heavy (non-hydrogen) atoms. The van der Waals surface area contributed by atoms with Crippen LogP contribution >= 0.6 is 0 Å². The number of rotatable bonds is 5. The zero-order valence-corrected chi connectivity index (χ0v) is 11.5. The molecule has 0 saturated carbocycles. The lowest BCUT2D eigenvalue weighted by molar-refractivity contribution is 0.102. The Hall–Kier alpha value is -2.16. The minimum absolute atomic E-state index is 0.201. The van der Waals surface area contributed by atoms with Gasteiger partial charge in [0.2, 0.25) is 0 Å². The molecule has 0 aliphatic rings. The number of benzene rings is 2. The Bertz CT molecular complexity index is 578. The Morgan fingerprint density at radius 2 is 1.80 bits per heavy atom. The van der Waals surface area contributed by atoms with Gasteiger partial charge in [-0.3, -0.25) is 4.79 Å². The zero-order valence-electron chi connectivity index (χ0n) is 11.5. The largest absolute Gasteiger partial charge is 0.319 e. The summed E-state index contributed by atoms with van der Waals surface area (Å²) in [6, 6.07) is 13.6. The van der Waals surface area contributed by atoms with Crippen molar-refractivity contribution in [2.24, 2.45) is 0 Å². The maximum atomic E-state index is 13.5. The summed E-state index contributed by atoms with van der Waals surface area (Å²) in [5.74, 6) is -0.724. The van der Waals surface area contributed by atoms with E-state index in [2.05, 4.69) is 12.2 Å². The van der Waals surface area contributed by atoms with Crippen LogP contribution in [-0.2, 0) is 6.42 Å². The Balaban J connectivity index is 2.04. The number of hydrogen-bond donors (Lipinski definition) is 1. The van der Waals surface area contributed by atoms with Crippen molar-refractivity contribution in [3.8, 4) is 0 Å². The summed E-state index contributed by atoms with van der Waals surface area (Å²) in [5.41, 5.74) is 1.95. The molecule has 0 atom stereocenters. The van der Waals surface area contributed by atoms with Crippen LogP contribution in [0.25, 0.3) is 0 Å². The Morgan fingerprint density at radius 3 is 2.45 bits per heavy atom. The lowest BCUT2D eigenvalue weighted by Gasteiger charge is -2.07. The molecule has 0 fully saturated rings. The predicted octanol–water partition coefficient (Wildman–Crippen LogP) is 4.42. The third kappa shape index (κ3) is 3.67. The van der Waals surface area contributed by atoms with Crippen LogP contribution in [0.2, 0.25) is 0 Å². The molecule has 0 spiro atoms. The van der Waals surface area contributed by atoms with Gasteiger partial charge in [-0.2, -0.15) is 0 Å². The average Bonchev–Trinajstić information content (AvgIpc) is 2.48. The monoisotopic (exact) mass is 271 g/mol. The summed E-state index contributed by atoms with van der Waals surface area (Å²) in [5, 5.41) is 2.58. The van der Waals surface area contributed by atoms with Gasteiger partial charge < -0.3 is 5.32 Å². The number of nitrogens with one attached hydrogen (secondary N) is 1. The number of aryl methyl sites for hydroxylation is 1. The number of unbranched alkanes of at least 4 members (excludes halogenated alkanes) is 1. The third-order valence-corrected chi connectivity index (χ3v) is 3.16. The van der Waals surface area contributed by atoms with Crippen molar-refractivity contribution in [1.29, 1.82) is 0 Å². The van der Waals surface area contributed by atoms with Gasteiger partial charge in [0.15, 0.2) is 0 Å². The SMILES string of the molecule is CCCCc1ccc(C(=O)Nc2ccccc2F)cc1. The molecule has 0 bridgehead atoms. The maximum absolute atomic E-state index is 13.5. The molecule has 2 aromatic carbocycles. The van der Waals surface area contributed by atoms with Crippen LogP contribution in [0.15, 0.2) is 48.5 Å². The van der Waals surface area contributed by atoms with Crippen molar-refractivity contribution >= 4 is 11.6 Å². The minimum atomic E-state index is -0.430. The van der Waals surface area contributed by atoms with Crippen molar-refractivity contribution in [2.75, 3.05) is 5.32 Å². The lowest BCUT2D eigenvalue weighted by atomic mass is 10.1. The molecule has 0 aliphatic heterocycles. The van der Waals surface area contributed by atoms with Crippen LogP contribution < -0.4 is 5.32 Å². The smallest absolute Gasteiger partial charge is 0.255 e. The minimum Gasteiger partial charge on any atom is -0.319 e. The molecule has 0 aromatic heterocycles. The van der Waals surface area contributed by atoms with Crippen molar-refractivity contribution in [3.63, 3.8) is 0 Å². The standard InChI is InChI=1S/C17H18FNO/c1-2-3-6-13-9-11-14(12-10-13)17(20)19-16-8-5-4-7-15(16)18/h4-5,7-12H,2-3,6H2,1H3,(H,19,20). The van der Waals surface area contributed by atoms with E-state index in [0.29, 0.717) is 5.56 Å². The molecular weight excluding hydrogens is 253 g/mol. The van der Waals surface area contributed by atoms with Crippen LogP contribution in [0.1, 0.15) is 35.7 Å². The van der Waals surface area contributed by atoms with E-state index in [1.54, 1.807) is 30.3 Å². The first-order valence-electron chi connectivity index (χ1n) is 6.85. The first-order valence-corrected chi connectivity index (χ1v) is 6.85. The number of amides is 1. The molecule has 1 N–H and O–H groups in total. The number of para-hydroxylation sites is 1. The fourth-order valence-corrected chi connectivity index (χ4v) is 1.96. The maximum Gasteiger partial charge on any atom is 0.255 e. The molecule has 2 rings (SSSR count). The van der Waals surface area contributed by atoms with Gasteiger partial charge in [-0.15, -0.1) is 0 Å². The van der Waals surface area contributed by atoms with E-state index in [1.807, 2.05) is 12.1 Å². The van der Waals surface area contributed by atoms with E-state index in [0.717, 1.165) is 19.3 Å². The van der Waals surface area contributed by atoms with Crippen LogP contribution in [0.4, 0.5) is 10.1 Å². The van der Waals surface area contributed by atoms with Crippen molar-refractivity contribution in [1.82, 2.24) is 0 Å². The highest BCUT2D eigenvalue weighted by atomic mass is 19.1. The summed E-state index contributed by atoms with van der Waals surface area (Å²) < 4.78 is 13.5. The number of anilines is 1. The number of carbonyl (C=O) groups excluding carboxylic acids is 1. The lowest BCUT2D eigenvalue weighted by Crippen LogP contribution is -2.12. The summed E-state index contributed by atoms with van der Waals surface area (Å²) in [4.78, 5) is 12.0. The quantitative estimate of drug-likeness (QED) is 0.856. The fourth-order valence-electron chi connectivity index (χ4n) is 1.96. The second kappa shape index (κ2) is 6.85. The highest BCUT2D eigenvalue weighted by molar-refractivity contribution is 6.04. The zero-order chi connectivity index (χ0) is 14.4. The van der Waals surface area contributed by atoms with Crippen molar-refractivity contribution < 1.29 is 9.18 Å². The summed E-state index contributed by atoms with van der Waals surface area (Å²) in [6.45, 7) is 2.15. The summed E-state index contributed by atoms with van der Waals surface area (Å²) in [7, 11) is 0. The molecule has 0 radical (unpaired) electrons. The van der Waals surface area contributed by atoms with E-state index in [1.165, 1.54) is 11.6 Å². The van der Waals surface area contributed by atoms with Gasteiger partial charge in [0.25, 0.3) is 5.91 Å². The van der Waals surface area contributed by atoms with Gasteiger partial charge >= 0.3 is 0 Å². The molecule has 3 heteroatoms. The number of carbonyl (C=O) groups is 1. The average molecular weight is 271 g/mol. The van der Waals surface area contributed by atoms with Crippen molar-refractivity contribution in [2.45, 2.75) is 26.2 Å². The highest BCUT2D eigenvalue weighted by Gasteiger charge is 2.08. The summed E-state index contributed by atoms with van der Waals surface area (Å²) >= 11 is 0. The van der Waals surface area contributed by atoms with E-state index >= 15 is 0 Å². The van der Waals surface area contributed by atoms with E-state index in [-0.39, 0.29) is 11.6 Å². The molecule has 0 unspecified atom stereocenters. The first-order chi connectivity index (χ1) is 9.70. The molecular formula is C17H18FNO. The Kier molecular flexibility index (Phi) is 4.88. The van der Waals surface area contributed by atoms with Gasteiger partial charge in [-0.1, -0.05) is 37.6 Å². The third-order valence-electron chi connectivity index (χ3n) is 3.16. The van der Waals surface area contributed by atoms with Crippen molar-refractivity contribution in [3.05, 3.63) is 65.5 Å². The first kappa shape index (κ1) is 14.3. The summed E-state index contributed by atoms with van der Waals surface area (Å²) in [6.07, 6.45) is 3.31. The Labute approximate surface area is 118 Å². The molecule has 2 aromatic rings. The fraction of sp³-hybridized carbons (Fsp3) is 0.235. The molecule has 2 nitrogen and oxygen atoms in total. The molecule has 0 saturated heterocycles. The molecule has 104 valence electrons. The number of halogens is 1. The highest BCUT2D eigenvalue weighted by Crippen LogP contribution is 2.14. The van der Waals surface area contributed by atoms with E-state index in [9.17, 15) is 9.18 Å². The molecule has 1 amide bonds. The van der Waals surface area contributed by atoms with Gasteiger partial charge in [0, 0.05) is 5.56 Å². The second-order valence-corrected chi connectivity index (χ2v) is 4.73. The van der Waals surface area contributed by atoms with Gasteiger partial charge in [-0.05, 0) is 42.7 Å². The topological polar surface area (TPSA) is 29.1 Å². The van der Waals surface area contributed by atoms with Gasteiger partial charge in [-0.25, -0.2) is 4.39 Å². The van der Waals surface area contributed by atoms with E-state index < -0.39 is 5.82 Å². The Morgan fingerprint density at radius 1 is 1.10 bits per heavy atom. The van der Waals surface area contributed by atoms with Crippen LogP contribution in [0.5, 0.6) is 0 Å². The van der Waals surface area contributed by atoms with E-state index in [4.69, 9.17) is 0 Å². The normalized spacial score (nSPS) is 10.3. The van der Waals surface area contributed by atoms with Gasteiger partial charge in [0.05, 0.1) is 5.69 Å². The second-order valence-electron chi connectivity index (χ2n) is 4.73.